The third-order valence-corrected chi connectivity index (χ3v) is 6.15. The highest BCUT2D eigenvalue weighted by Gasteiger charge is 2.31. The number of nitrogens with two attached hydrogens (primary N) is 1. The van der Waals surface area contributed by atoms with Crippen LogP contribution >= 0.6 is 24.0 Å². The molecule has 7 heteroatoms. The van der Waals surface area contributed by atoms with Crippen LogP contribution in [0.25, 0.3) is 0 Å². The molecule has 1 aliphatic carbocycles. The van der Waals surface area contributed by atoms with E-state index in [9.17, 15) is 8.42 Å². The molecule has 0 aromatic heterocycles. The molecular weight excluding hydrogens is 343 g/mol. The van der Waals surface area contributed by atoms with E-state index in [-0.39, 0.29) is 40.2 Å². The van der Waals surface area contributed by atoms with E-state index >= 15 is 0 Å². The highest BCUT2D eigenvalue weighted by Crippen LogP contribution is 2.29. The van der Waals surface area contributed by atoms with E-state index in [0.717, 1.165) is 24.8 Å². The largest absolute Gasteiger partial charge is 0.330 e. The van der Waals surface area contributed by atoms with E-state index in [1.165, 1.54) is 0 Å². The van der Waals surface area contributed by atoms with Gasteiger partial charge in [0, 0.05) is 6.04 Å². The van der Waals surface area contributed by atoms with Crippen LogP contribution in [0.2, 0.25) is 5.02 Å². The maximum Gasteiger partial charge on any atom is 0.242 e. The molecule has 1 aromatic rings. The standard InChI is InChI=1S/C15H23ClN2O2S.ClH/c1-10(2)11-6-7-13(16)15(8-11)21(19,20)18-14-5-3-4-12(14)9-17;/h6-8,10,12,14,18H,3-5,9,17H2,1-2H3;1H. The molecule has 0 amide bonds. The summed E-state index contributed by atoms with van der Waals surface area (Å²) < 4.78 is 28.0. The normalized spacial score (nSPS) is 21.9. The van der Waals surface area contributed by atoms with Gasteiger partial charge in [-0.05, 0) is 48.9 Å². The smallest absolute Gasteiger partial charge is 0.242 e. The molecule has 3 N–H and O–H groups in total. The maximum absolute atomic E-state index is 12.6. The summed E-state index contributed by atoms with van der Waals surface area (Å²) in [6, 6.07) is 5.10. The van der Waals surface area contributed by atoms with Crippen molar-refractivity contribution in [2.75, 3.05) is 6.54 Å². The lowest BCUT2D eigenvalue weighted by atomic mass is 10.0. The maximum atomic E-state index is 12.6. The Morgan fingerprint density at radius 1 is 1.36 bits per heavy atom. The number of benzene rings is 1. The zero-order chi connectivity index (χ0) is 15.6. The van der Waals surface area contributed by atoms with E-state index in [2.05, 4.69) is 4.72 Å². The minimum Gasteiger partial charge on any atom is -0.330 e. The first-order valence-corrected chi connectivity index (χ1v) is 9.23. The minimum absolute atomic E-state index is 0. The van der Waals surface area contributed by atoms with Crippen molar-refractivity contribution in [3.63, 3.8) is 0 Å². The first kappa shape index (κ1) is 19.7. The number of halogens is 2. The zero-order valence-electron chi connectivity index (χ0n) is 12.9. The van der Waals surface area contributed by atoms with Crippen molar-refractivity contribution in [2.45, 2.75) is 50.0 Å². The second-order valence-corrected chi connectivity index (χ2v) is 8.09. The fourth-order valence-electron chi connectivity index (χ4n) is 2.82. The Morgan fingerprint density at radius 3 is 2.64 bits per heavy atom. The lowest BCUT2D eigenvalue weighted by Crippen LogP contribution is -2.39. The van der Waals surface area contributed by atoms with Crippen LogP contribution in [0.5, 0.6) is 0 Å². The first-order chi connectivity index (χ1) is 9.85. The summed E-state index contributed by atoms with van der Waals surface area (Å²) >= 11 is 6.10. The molecule has 0 radical (unpaired) electrons. The van der Waals surface area contributed by atoms with Crippen molar-refractivity contribution in [1.82, 2.24) is 4.72 Å². The summed E-state index contributed by atoms with van der Waals surface area (Å²) in [5.74, 6) is 0.464. The van der Waals surface area contributed by atoms with Gasteiger partial charge >= 0.3 is 0 Å². The van der Waals surface area contributed by atoms with Crippen LogP contribution < -0.4 is 10.5 Å². The third kappa shape index (κ3) is 4.36. The van der Waals surface area contributed by atoms with Gasteiger partial charge in [0.15, 0.2) is 0 Å². The Hall–Kier alpha value is -0.330. The Balaban J connectivity index is 0.00000242. The summed E-state index contributed by atoms with van der Waals surface area (Å²) in [5.41, 5.74) is 6.67. The number of rotatable bonds is 5. The first-order valence-electron chi connectivity index (χ1n) is 7.37. The number of nitrogens with one attached hydrogen (secondary N) is 1. The molecule has 1 aromatic carbocycles. The van der Waals surface area contributed by atoms with Gasteiger partial charge in [-0.1, -0.05) is 37.9 Å². The molecule has 22 heavy (non-hydrogen) atoms. The van der Waals surface area contributed by atoms with Gasteiger partial charge in [0.25, 0.3) is 0 Å². The number of hydrogen-bond acceptors (Lipinski definition) is 3. The van der Waals surface area contributed by atoms with Gasteiger partial charge in [0.1, 0.15) is 4.90 Å². The molecule has 0 saturated heterocycles. The molecule has 2 atom stereocenters. The van der Waals surface area contributed by atoms with Crippen LogP contribution in [0.1, 0.15) is 44.6 Å². The van der Waals surface area contributed by atoms with Crippen LogP contribution in [-0.4, -0.2) is 21.0 Å². The van der Waals surface area contributed by atoms with Crippen molar-refractivity contribution in [3.8, 4) is 0 Å². The molecule has 2 unspecified atom stereocenters. The number of sulfonamides is 1. The molecule has 1 aliphatic rings. The quantitative estimate of drug-likeness (QED) is 0.839. The van der Waals surface area contributed by atoms with Crippen molar-refractivity contribution in [3.05, 3.63) is 28.8 Å². The van der Waals surface area contributed by atoms with Gasteiger partial charge in [0.05, 0.1) is 5.02 Å². The van der Waals surface area contributed by atoms with Crippen LogP contribution in [0.15, 0.2) is 23.1 Å². The Bertz CT molecular complexity index is 606. The van der Waals surface area contributed by atoms with Gasteiger partial charge in [-0.3, -0.25) is 0 Å². The van der Waals surface area contributed by atoms with Crippen molar-refractivity contribution in [1.29, 1.82) is 0 Å². The predicted octanol–water partition coefficient (Wildman–Crippen LogP) is 3.29. The fourth-order valence-corrected chi connectivity index (χ4v) is 4.70. The summed E-state index contributed by atoms with van der Waals surface area (Å²) in [7, 11) is -3.61. The molecule has 126 valence electrons. The highest BCUT2D eigenvalue weighted by atomic mass is 35.5. The Kier molecular flexibility index (Phi) is 7.15. The molecule has 0 heterocycles. The van der Waals surface area contributed by atoms with Crippen molar-refractivity contribution >= 4 is 34.0 Å². The number of hydrogen-bond donors (Lipinski definition) is 2. The molecule has 0 spiro atoms. The van der Waals surface area contributed by atoms with Crippen LogP contribution in [0, 0.1) is 5.92 Å². The summed E-state index contributed by atoms with van der Waals surface area (Å²) in [6.45, 7) is 4.55. The van der Waals surface area contributed by atoms with Crippen LogP contribution in [-0.2, 0) is 10.0 Å². The Morgan fingerprint density at radius 2 is 2.05 bits per heavy atom. The van der Waals surface area contributed by atoms with Crippen molar-refractivity contribution in [2.24, 2.45) is 11.7 Å². The van der Waals surface area contributed by atoms with Gasteiger partial charge in [-0.2, -0.15) is 0 Å². The second-order valence-electron chi connectivity index (χ2n) is 6.00. The van der Waals surface area contributed by atoms with Crippen LogP contribution in [0.4, 0.5) is 0 Å². The van der Waals surface area contributed by atoms with E-state index in [4.69, 9.17) is 17.3 Å². The SMILES string of the molecule is CC(C)c1ccc(Cl)c(S(=O)(=O)NC2CCCC2CN)c1.Cl. The zero-order valence-corrected chi connectivity index (χ0v) is 15.3. The monoisotopic (exact) mass is 366 g/mol. The van der Waals surface area contributed by atoms with E-state index < -0.39 is 10.0 Å². The molecule has 0 aliphatic heterocycles. The molecule has 0 bridgehead atoms. The van der Waals surface area contributed by atoms with Gasteiger partial charge in [0.2, 0.25) is 10.0 Å². The van der Waals surface area contributed by atoms with Crippen molar-refractivity contribution < 1.29 is 8.42 Å². The second kappa shape index (κ2) is 7.97. The van der Waals surface area contributed by atoms with Gasteiger partial charge in [-0.15, -0.1) is 12.4 Å². The molecule has 1 fully saturated rings. The Labute approximate surface area is 144 Å². The van der Waals surface area contributed by atoms with Gasteiger partial charge in [-0.25, -0.2) is 13.1 Å². The summed E-state index contributed by atoms with van der Waals surface area (Å²) in [4.78, 5) is 0.165. The van der Waals surface area contributed by atoms with E-state index in [1.54, 1.807) is 12.1 Å². The van der Waals surface area contributed by atoms with Crippen LogP contribution in [0.3, 0.4) is 0 Å². The topological polar surface area (TPSA) is 72.2 Å². The highest BCUT2D eigenvalue weighted by molar-refractivity contribution is 7.89. The van der Waals surface area contributed by atoms with E-state index in [1.807, 2.05) is 19.9 Å². The fraction of sp³-hybridized carbons (Fsp3) is 0.600. The summed E-state index contributed by atoms with van der Waals surface area (Å²) in [5, 5.41) is 0.259. The average molecular weight is 367 g/mol. The minimum atomic E-state index is -3.61. The third-order valence-electron chi connectivity index (χ3n) is 4.18. The summed E-state index contributed by atoms with van der Waals surface area (Å²) in [6.07, 6.45) is 2.82. The average Bonchev–Trinajstić information content (AvgIpc) is 2.85. The molecule has 4 nitrogen and oxygen atoms in total. The predicted molar refractivity (Wildman–Crippen MR) is 93.3 cm³/mol. The lowest BCUT2D eigenvalue weighted by Gasteiger charge is -2.20. The lowest BCUT2D eigenvalue weighted by molar-refractivity contribution is 0.453. The molecule has 2 rings (SSSR count). The van der Waals surface area contributed by atoms with E-state index in [0.29, 0.717) is 6.54 Å². The van der Waals surface area contributed by atoms with Gasteiger partial charge < -0.3 is 5.73 Å². The molecule has 1 saturated carbocycles. The molecular formula is C15H24Cl2N2O2S.